The number of morpholine rings is 1. The molecule has 1 saturated carbocycles. The molecule has 30 heavy (non-hydrogen) atoms. The minimum atomic E-state index is -2.97. The van der Waals surface area contributed by atoms with Crippen LogP contribution in [0.2, 0.25) is 0 Å². The number of halogens is 1. The molecule has 178 valence electrons. The van der Waals surface area contributed by atoms with Gasteiger partial charge in [0.2, 0.25) is 0 Å². The van der Waals surface area contributed by atoms with Gasteiger partial charge in [-0.3, -0.25) is 9.89 Å². The van der Waals surface area contributed by atoms with Crippen molar-refractivity contribution >= 4 is 39.8 Å². The van der Waals surface area contributed by atoms with E-state index in [1.54, 1.807) is 0 Å². The van der Waals surface area contributed by atoms with E-state index in [1.807, 2.05) is 0 Å². The van der Waals surface area contributed by atoms with Gasteiger partial charge >= 0.3 is 0 Å². The molecule has 0 amide bonds. The fourth-order valence-electron chi connectivity index (χ4n) is 4.04. The zero-order valence-corrected chi connectivity index (χ0v) is 21.8. The Bertz CT molecular complexity index is 592. The van der Waals surface area contributed by atoms with Crippen LogP contribution in [-0.4, -0.2) is 97.0 Å². The van der Waals surface area contributed by atoms with Gasteiger partial charge in [0.1, 0.15) is 9.84 Å². The summed E-state index contributed by atoms with van der Waals surface area (Å²) in [4.78, 5) is 7.46. The highest BCUT2D eigenvalue weighted by Crippen LogP contribution is 2.37. The Morgan fingerprint density at radius 3 is 2.47 bits per heavy atom. The standard InChI is InChI=1S/C20H40N4O4S.HI/c1-3-21-19(22-9-12-27-15-16-29(2,25)26)23-17-20(7-5-4-6-8-20)18-24-10-13-28-14-11-24;/h3-18H2,1-2H3,(H2,21,22,23);1H. The number of guanidine groups is 1. The quantitative estimate of drug-likeness (QED) is 0.171. The van der Waals surface area contributed by atoms with E-state index in [0.717, 1.165) is 51.9 Å². The maximum Gasteiger partial charge on any atom is 0.191 e. The second-order valence-corrected chi connectivity index (χ2v) is 10.6. The molecule has 1 aliphatic carbocycles. The van der Waals surface area contributed by atoms with Crippen molar-refractivity contribution in [1.29, 1.82) is 0 Å². The molecular formula is C20H41IN4O4S. The monoisotopic (exact) mass is 560 g/mol. The van der Waals surface area contributed by atoms with Crippen LogP contribution in [0.5, 0.6) is 0 Å². The Labute approximate surface area is 199 Å². The van der Waals surface area contributed by atoms with E-state index in [1.165, 1.54) is 38.4 Å². The number of sulfone groups is 1. The van der Waals surface area contributed by atoms with E-state index in [4.69, 9.17) is 14.5 Å². The molecule has 2 N–H and O–H groups in total. The summed E-state index contributed by atoms with van der Waals surface area (Å²) in [5.74, 6) is 0.872. The molecule has 0 atom stereocenters. The van der Waals surface area contributed by atoms with Crippen LogP contribution in [0.25, 0.3) is 0 Å². The third-order valence-corrected chi connectivity index (χ3v) is 6.54. The summed E-state index contributed by atoms with van der Waals surface area (Å²) < 4.78 is 33.2. The van der Waals surface area contributed by atoms with Crippen LogP contribution >= 0.6 is 24.0 Å². The molecular weight excluding hydrogens is 519 g/mol. The first-order valence-corrected chi connectivity index (χ1v) is 13.1. The highest BCUT2D eigenvalue weighted by atomic mass is 127. The Hall–Kier alpha value is -0.170. The molecule has 1 saturated heterocycles. The third kappa shape index (κ3) is 11.4. The van der Waals surface area contributed by atoms with Crippen molar-refractivity contribution in [3.8, 4) is 0 Å². The van der Waals surface area contributed by atoms with E-state index in [-0.39, 0.29) is 41.8 Å². The Kier molecular flexibility index (Phi) is 13.8. The minimum Gasteiger partial charge on any atom is -0.379 e. The molecule has 1 heterocycles. The van der Waals surface area contributed by atoms with Crippen LogP contribution in [-0.2, 0) is 19.3 Å². The lowest BCUT2D eigenvalue weighted by atomic mass is 9.73. The van der Waals surface area contributed by atoms with Crippen LogP contribution in [0.3, 0.4) is 0 Å². The van der Waals surface area contributed by atoms with Crippen molar-refractivity contribution in [1.82, 2.24) is 15.5 Å². The lowest BCUT2D eigenvalue weighted by Gasteiger charge is -2.41. The van der Waals surface area contributed by atoms with Crippen LogP contribution in [0.1, 0.15) is 39.0 Å². The summed E-state index contributed by atoms with van der Waals surface area (Å²) in [6.45, 7) is 9.81. The number of aliphatic imine (C=N–C) groups is 1. The van der Waals surface area contributed by atoms with Crippen LogP contribution in [0.4, 0.5) is 0 Å². The Morgan fingerprint density at radius 2 is 1.83 bits per heavy atom. The molecule has 2 rings (SSSR count). The highest BCUT2D eigenvalue weighted by Gasteiger charge is 2.34. The first-order chi connectivity index (χ1) is 13.9. The molecule has 1 aliphatic heterocycles. The average molecular weight is 561 g/mol. The fraction of sp³-hybridized carbons (Fsp3) is 0.950. The van der Waals surface area contributed by atoms with Gasteiger partial charge < -0.3 is 20.1 Å². The van der Waals surface area contributed by atoms with Crippen molar-refractivity contribution in [3.05, 3.63) is 0 Å². The van der Waals surface area contributed by atoms with Gasteiger partial charge in [-0.2, -0.15) is 0 Å². The molecule has 0 aromatic rings. The molecule has 0 aromatic heterocycles. The van der Waals surface area contributed by atoms with Gasteiger partial charge in [0.05, 0.1) is 32.2 Å². The van der Waals surface area contributed by atoms with Crippen molar-refractivity contribution in [2.45, 2.75) is 39.0 Å². The zero-order valence-electron chi connectivity index (χ0n) is 18.7. The first-order valence-electron chi connectivity index (χ1n) is 11.0. The van der Waals surface area contributed by atoms with E-state index >= 15 is 0 Å². The summed E-state index contributed by atoms with van der Waals surface area (Å²) in [7, 11) is -2.97. The lowest BCUT2D eigenvalue weighted by Crippen LogP contribution is -2.47. The van der Waals surface area contributed by atoms with Gasteiger partial charge in [-0.05, 0) is 19.8 Å². The third-order valence-electron chi connectivity index (χ3n) is 5.63. The second kappa shape index (κ2) is 14.8. The normalized spacial score (nSPS) is 20.4. The summed E-state index contributed by atoms with van der Waals surface area (Å²) in [6.07, 6.45) is 7.61. The summed E-state index contributed by atoms with van der Waals surface area (Å²) >= 11 is 0. The molecule has 10 heteroatoms. The number of hydrogen-bond donors (Lipinski definition) is 2. The van der Waals surface area contributed by atoms with Crippen molar-refractivity contribution in [2.75, 3.05) is 77.7 Å². The van der Waals surface area contributed by atoms with E-state index in [9.17, 15) is 8.42 Å². The van der Waals surface area contributed by atoms with Gasteiger partial charge in [-0.25, -0.2) is 8.42 Å². The van der Waals surface area contributed by atoms with Crippen LogP contribution < -0.4 is 10.6 Å². The average Bonchev–Trinajstić information content (AvgIpc) is 2.69. The minimum absolute atomic E-state index is 0. The summed E-state index contributed by atoms with van der Waals surface area (Å²) in [5, 5.41) is 6.62. The first kappa shape index (κ1) is 27.9. The zero-order chi connectivity index (χ0) is 21.0. The maximum atomic E-state index is 11.1. The number of nitrogens with zero attached hydrogens (tertiary/aromatic N) is 2. The molecule has 0 unspecified atom stereocenters. The van der Waals surface area contributed by atoms with Gasteiger partial charge in [0.25, 0.3) is 0 Å². The molecule has 2 aliphatic rings. The van der Waals surface area contributed by atoms with E-state index in [2.05, 4.69) is 22.5 Å². The highest BCUT2D eigenvalue weighted by molar-refractivity contribution is 14.0. The van der Waals surface area contributed by atoms with Gasteiger partial charge in [-0.1, -0.05) is 19.3 Å². The number of rotatable bonds is 11. The molecule has 0 aromatic carbocycles. The molecule has 0 radical (unpaired) electrons. The van der Waals surface area contributed by atoms with Gasteiger partial charge in [0, 0.05) is 50.9 Å². The summed E-state index contributed by atoms with van der Waals surface area (Å²) in [5.41, 5.74) is 0.254. The van der Waals surface area contributed by atoms with E-state index < -0.39 is 9.84 Å². The lowest BCUT2D eigenvalue weighted by molar-refractivity contribution is 0.00937. The molecule has 2 fully saturated rings. The van der Waals surface area contributed by atoms with Crippen molar-refractivity contribution < 1.29 is 17.9 Å². The Balaban J connectivity index is 0.00000450. The molecule has 0 bridgehead atoms. The molecule has 0 spiro atoms. The smallest absolute Gasteiger partial charge is 0.191 e. The fourth-order valence-corrected chi connectivity index (χ4v) is 4.46. The SMILES string of the molecule is CCNC(=NCC1(CN2CCOCC2)CCCCC1)NCCOCCS(C)(=O)=O.I. The maximum absolute atomic E-state index is 11.1. The molecule has 8 nitrogen and oxygen atoms in total. The van der Waals surface area contributed by atoms with Crippen LogP contribution in [0, 0.1) is 5.41 Å². The topological polar surface area (TPSA) is 92.3 Å². The second-order valence-electron chi connectivity index (χ2n) is 8.31. The van der Waals surface area contributed by atoms with Crippen LogP contribution in [0.15, 0.2) is 4.99 Å². The van der Waals surface area contributed by atoms with Crippen molar-refractivity contribution in [3.63, 3.8) is 0 Å². The largest absolute Gasteiger partial charge is 0.379 e. The number of hydrogen-bond acceptors (Lipinski definition) is 6. The number of nitrogens with one attached hydrogen (secondary N) is 2. The summed E-state index contributed by atoms with van der Waals surface area (Å²) in [6, 6.07) is 0. The predicted octanol–water partition coefficient (Wildman–Crippen LogP) is 1.50. The van der Waals surface area contributed by atoms with Gasteiger partial charge in [0.15, 0.2) is 5.96 Å². The van der Waals surface area contributed by atoms with Crippen molar-refractivity contribution in [2.24, 2.45) is 10.4 Å². The van der Waals surface area contributed by atoms with Gasteiger partial charge in [-0.15, -0.1) is 24.0 Å². The Morgan fingerprint density at radius 1 is 1.13 bits per heavy atom. The van der Waals surface area contributed by atoms with E-state index in [0.29, 0.717) is 13.2 Å². The number of ether oxygens (including phenoxy) is 2. The predicted molar refractivity (Wildman–Crippen MR) is 133 cm³/mol.